The summed E-state index contributed by atoms with van der Waals surface area (Å²) in [5.41, 5.74) is 1.15. The van der Waals surface area contributed by atoms with Gasteiger partial charge >= 0.3 is 0 Å². The number of hydrogen-bond donors (Lipinski definition) is 1. The molecule has 0 bridgehead atoms. The minimum atomic E-state index is -1.18. The van der Waals surface area contributed by atoms with E-state index < -0.39 is 12.0 Å². The highest BCUT2D eigenvalue weighted by atomic mass is 16.5. The molecule has 0 saturated carbocycles. The predicted octanol–water partition coefficient (Wildman–Crippen LogP) is 1.78. The molecular formula is C15H20O4. The van der Waals surface area contributed by atoms with E-state index in [1.165, 1.54) is 0 Å². The number of carbonyl (C=O) groups is 2. The van der Waals surface area contributed by atoms with Gasteiger partial charge in [-0.1, -0.05) is 12.1 Å². The minimum absolute atomic E-state index is 0.413. The minimum Gasteiger partial charge on any atom is -0.494 e. The van der Waals surface area contributed by atoms with E-state index in [-0.39, 0.29) is 0 Å². The van der Waals surface area contributed by atoms with Crippen LogP contribution in [0.15, 0.2) is 24.3 Å². The number of hydrogen-bond acceptors (Lipinski definition) is 4. The van der Waals surface area contributed by atoms with E-state index in [4.69, 9.17) is 4.74 Å². The molecule has 1 rings (SSSR count). The Morgan fingerprint density at radius 2 is 1.89 bits per heavy atom. The highest BCUT2D eigenvalue weighted by Gasteiger charge is 2.16. The molecule has 1 N–H and O–H groups in total. The molecule has 0 fully saturated rings. The first-order valence-corrected chi connectivity index (χ1v) is 6.51. The molecule has 1 aromatic carbocycles. The number of aliphatic hydroxyl groups excluding tert-OH is 1. The second-order valence-electron chi connectivity index (χ2n) is 4.40. The molecular weight excluding hydrogens is 244 g/mol. The second kappa shape index (κ2) is 8.43. The molecule has 0 aliphatic heterocycles. The van der Waals surface area contributed by atoms with Crippen LogP contribution in [0.5, 0.6) is 5.75 Å². The highest BCUT2D eigenvalue weighted by Crippen LogP contribution is 2.16. The number of aliphatic hydroxyl groups is 1. The number of aryl methyl sites for hydroxylation is 1. The fourth-order valence-corrected chi connectivity index (χ4v) is 1.88. The van der Waals surface area contributed by atoms with Gasteiger partial charge in [-0.05, 0) is 43.9 Å². The first-order valence-electron chi connectivity index (χ1n) is 6.51. The molecule has 2 atom stereocenters. The molecule has 0 aliphatic carbocycles. The molecule has 0 radical (unpaired) electrons. The average molecular weight is 264 g/mol. The van der Waals surface area contributed by atoms with Crippen molar-refractivity contribution >= 4 is 12.6 Å². The fourth-order valence-electron chi connectivity index (χ4n) is 1.88. The third-order valence-corrected chi connectivity index (χ3v) is 2.99. The molecule has 0 spiro atoms. The van der Waals surface area contributed by atoms with E-state index in [9.17, 15) is 14.7 Å². The summed E-state index contributed by atoms with van der Waals surface area (Å²) >= 11 is 0. The summed E-state index contributed by atoms with van der Waals surface area (Å²) in [5, 5.41) is 9.29. The lowest BCUT2D eigenvalue weighted by Gasteiger charge is -2.11. The monoisotopic (exact) mass is 264 g/mol. The van der Waals surface area contributed by atoms with E-state index >= 15 is 0 Å². The number of aldehydes is 2. The van der Waals surface area contributed by atoms with Crippen LogP contribution in [0.4, 0.5) is 0 Å². The van der Waals surface area contributed by atoms with Crippen molar-refractivity contribution in [3.05, 3.63) is 29.8 Å². The summed E-state index contributed by atoms with van der Waals surface area (Å²) in [6.07, 6.45) is 1.95. The van der Waals surface area contributed by atoms with Gasteiger partial charge in [0.1, 0.15) is 24.4 Å². The fraction of sp³-hybridized carbons (Fsp3) is 0.467. The Hall–Kier alpha value is -1.68. The zero-order chi connectivity index (χ0) is 14.1. The summed E-state index contributed by atoms with van der Waals surface area (Å²) in [5.74, 6) is 0.244. The van der Waals surface area contributed by atoms with Crippen molar-refractivity contribution in [3.63, 3.8) is 0 Å². The maximum absolute atomic E-state index is 10.7. The highest BCUT2D eigenvalue weighted by molar-refractivity contribution is 5.66. The van der Waals surface area contributed by atoms with Crippen LogP contribution in [-0.2, 0) is 16.0 Å². The topological polar surface area (TPSA) is 63.6 Å². The van der Waals surface area contributed by atoms with Crippen molar-refractivity contribution in [2.24, 2.45) is 5.92 Å². The van der Waals surface area contributed by atoms with Gasteiger partial charge in [-0.25, -0.2) is 0 Å². The third kappa shape index (κ3) is 5.22. The summed E-state index contributed by atoms with van der Waals surface area (Å²) in [4.78, 5) is 21.1. The van der Waals surface area contributed by atoms with Crippen LogP contribution < -0.4 is 4.74 Å². The quantitative estimate of drug-likeness (QED) is 0.691. The molecule has 0 aromatic heterocycles. The van der Waals surface area contributed by atoms with E-state index in [0.29, 0.717) is 25.6 Å². The number of ether oxygens (including phenoxy) is 1. The van der Waals surface area contributed by atoms with Crippen molar-refractivity contribution in [1.82, 2.24) is 0 Å². The van der Waals surface area contributed by atoms with Gasteiger partial charge in [0.05, 0.1) is 6.61 Å². The van der Waals surface area contributed by atoms with E-state index in [2.05, 4.69) is 0 Å². The van der Waals surface area contributed by atoms with Gasteiger partial charge < -0.3 is 19.4 Å². The first kappa shape index (κ1) is 15.4. The van der Waals surface area contributed by atoms with Crippen LogP contribution in [0, 0.1) is 5.92 Å². The summed E-state index contributed by atoms with van der Waals surface area (Å²) < 4.78 is 5.35. The Morgan fingerprint density at radius 1 is 1.21 bits per heavy atom. The number of carbonyl (C=O) groups excluding carboxylic acids is 2. The van der Waals surface area contributed by atoms with Crippen LogP contribution in [0.1, 0.15) is 25.3 Å². The third-order valence-electron chi connectivity index (χ3n) is 2.99. The Morgan fingerprint density at radius 3 is 2.42 bits per heavy atom. The molecule has 19 heavy (non-hydrogen) atoms. The normalized spacial score (nSPS) is 13.6. The van der Waals surface area contributed by atoms with Crippen molar-refractivity contribution in [1.29, 1.82) is 0 Å². The molecule has 4 heteroatoms. The Balaban J connectivity index is 2.39. The van der Waals surface area contributed by atoms with Crippen LogP contribution in [0.2, 0.25) is 0 Å². The zero-order valence-corrected chi connectivity index (χ0v) is 11.1. The molecule has 4 nitrogen and oxygen atoms in total. The lowest BCUT2D eigenvalue weighted by molar-refractivity contribution is -0.124. The van der Waals surface area contributed by atoms with Crippen molar-refractivity contribution in [2.75, 3.05) is 6.61 Å². The lowest BCUT2D eigenvalue weighted by Crippen LogP contribution is -2.23. The van der Waals surface area contributed by atoms with Crippen molar-refractivity contribution < 1.29 is 19.4 Å². The summed E-state index contributed by atoms with van der Waals surface area (Å²) in [6, 6.07) is 7.79. The van der Waals surface area contributed by atoms with Crippen LogP contribution in [0.25, 0.3) is 0 Å². The molecule has 0 heterocycles. The summed E-state index contributed by atoms with van der Waals surface area (Å²) in [6.45, 7) is 2.58. The maximum atomic E-state index is 10.7. The largest absolute Gasteiger partial charge is 0.494 e. The van der Waals surface area contributed by atoms with Crippen LogP contribution in [0.3, 0.4) is 0 Å². The molecule has 104 valence electrons. The molecule has 0 amide bonds. The van der Waals surface area contributed by atoms with Crippen LogP contribution >= 0.6 is 0 Å². The van der Waals surface area contributed by atoms with Crippen LogP contribution in [-0.4, -0.2) is 30.4 Å². The SMILES string of the molecule is CCOc1ccc(CCC[C@@H](C=O)[C@H](O)C=O)cc1. The summed E-state index contributed by atoms with van der Waals surface area (Å²) in [7, 11) is 0. The van der Waals surface area contributed by atoms with Gasteiger partial charge in [-0.2, -0.15) is 0 Å². The lowest BCUT2D eigenvalue weighted by atomic mass is 9.96. The maximum Gasteiger partial charge on any atom is 0.149 e. The first-order chi connectivity index (χ1) is 9.21. The van der Waals surface area contributed by atoms with E-state index in [1.807, 2.05) is 31.2 Å². The second-order valence-corrected chi connectivity index (χ2v) is 4.40. The van der Waals surface area contributed by atoms with E-state index in [1.54, 1.807) is 0 Å². The Kier molecular flexibility index (Phi) is 6.82. The van der Waals surface area contributed by atoms with Gasteiger partial charge in [0.25, 0.3) is 0 Å². The zero-order valence-electron chi connectivity index (χ0n) is 11.1. The Labute approximate surface area is 113 Å². The van der Waals surface area contributed by atoms with Gasteiger partial charge in [-0.3, -0.25) is 0 Å². The Bertz CT molecular complexity index is 386. The van der Waals surface area contributed by atoms with Gasteiger partial charge in [0.2, 0.25) is 0 Å². The number of rotatable bonds is 9. The molecule has 0 saturated heterocycles. The smallest absolute Gasteiger partial charge is 0.149 e. The molecule has 0 aliphatic rings. The van der Waals surface area contributed by atoms with E-state index in [0.717, 1.165) is 24.2 Å². The van der Waals surface area contributed by atoms with Gasteiger partial charge in [0.15, 0.2) is 0 Å². The van der Waals surface area contributed by atoms with Gasteiger partial charge in [0, 0.05) is 5.92 Å². The van der Waals surface area contributed by atoms with Crippen molar-refractivity contribution in [3.8, 4) is 5.75 Å². The standard InChI is InChI=1S/C15H20O4/c1-2-19-14-8-6-12(7-9-14)4-3-5-13(10-16)15(18)11-17/h6-11,13,15,18H,2-5H2,1H3/t13-,15+/m0/s1. The van der Waals surface area contributed by atoms with Crippen molar-refractivity contribution in [2.45, 2.75) is 32.3 Å². The molecule has 1 aromatic rings. The predicted molar refractivity (Wildman–Crippen MR) is 72.2 cm³/mol. The average Bonchev–Trinajstić information content (AvgIpc) is 2.45. The number of benzene rings is 1. The molecule has 0 unspecified atom stereocenters. The van der Waals surface area contributed by atoms with Gasteiger partial charge in [-0.15, -0.1) is 0 Å².